The van der Waals surface area contributed by atoms with Crippen molar-refractivity contribution in [2.75, 3.05) is 0 Å². The van der Waals surface area contributed by atoms with Crippen LogP contribution in [0.2, 0.25) is 5.02 Å². The van der Waals surface area contributed by atoms with E-state index in [0.29, 0.717) is 11.3 Å². The summed E-state index contributed by atoms with van der Waals surface area (Å²) in [5, 5.41) is 5.14. The maximum absolute atomic E-state index is 12.7. The lowest BCUT2D eigenvalue weighted by Gasteiger charge is -2.29. The lowest BCUT2D eigenvalue weighted by atomic mass is 9.82. The molecule has 0 saturated heterocycles. The molecule has 1 saturated carbocycles. The van der Waals surface area contributed by atoms with Gasteiger partial charge in [0.25, 0.3) is 5.56 Å². The number of carbonyl (C=O) groups is 1. The van der Waals surface area contributed by atoms with Gasteiger partial charge in [-0.25, -0.2) is 4.68 Å². The van der Waals surface area contributed by atoms with Crippen LogP contribution in [0.25, 0.3) is 0 Å². The molecule has 4 nitrogen and oxygen atoms in total. The number of carbonyl (C=O) groups excluding carboxylic acids is 1. The van der Waals surface area contributed by atoms with Crippen LogP contribution in [0, 0.1) is 5.92 Å². The molecule has 1 aliphatic carbocycles. The van der Waals surface area contributed by atoms with Crippen LogP contribution in [0.15, 0.2) is 71.5 Å². The molecule has 1 heterocycles. The van der Waals surface area contributed by atoms with Crippen molar-refractivity contribution in [2.24, 2.45) is 0 Å². The van der Waals surface area contributed by atoms with Gasteiger partial charge < -0.3 is 0 Å². The highest BCUT2D eigenvalue weighted by atomic mass is 35.5. The van der Waals surface area contributed by atoms with E-state index in [1.165, 1.54) is 28.3 Å². The second-order valence-electron chi connectivity index (χ2n) is 7.04. The first-order chi connectivity index (χ1) is 13.6. The lowest BCUT2D eigenvalue weighted by Crippen LogP contribution is -2.31. The lowest BCUT2D eigenvalue weighted by molar-refractivity contribution is 0.103. The van der Waals surface area contributed by atoms with Crippen LogP contribution in [-0.4, -0.2) is 15.6 Å². The van der Waals surface area contributed by atoms with Gasteiger partial charge in [0, 0.05) is 22.6 Å². The number of rotatable bonds is 4. The highest BCUT2D eigenvalue weighted by Crippen LogP contribution is 2.37. The number of benzene rings is 2. The number of nitrogens with zero attached hydrogens (tertiary/aromatic N) is 2. The SMILES string of the molecule is O=C(c1ccccc1)c1ccc(=O)n(C2CC[C](c3cccc(Cl)c3)CC2)n1. The zero-order valence-corrected chi connectivity index (χ0v) is 16.1. The molecule has 0 unspecified atom stereocenters. The van der Waals surface area contributed by atoms with E-state index in [1.807, 2.05) is 36.4 Å². The molecule has 5 heteroatoms. The summed E-state index contributed by atoms with van der Waals surface area (Å²) in [5.41, 5.74) is 1.87. The van der Waals surface area contributed by atoms with Gasteiger partial charge in [-0.1, -0.05) is 54.1 Å². The van der Waals surface area contributed by atoms with E-state index in [9.17, 15) is 9.59 Å². The number of halogens is 1. The van der Waals surface area contributed by atoms with Gasteiger partial charge in [0.15, 0.2) is 0 Å². The molecular weight excluding hydrogens is 372 g/mol. The highest BCUT2D eigenvalue weighted by Gasteiger charge is 2.26. The van der Waals surface area contributed by atoms with Gasteiger partial charge in [0.1, 0.15) is 5.69 Å². The largest absolute Gasteiger partial charge is 0.287 e. The number of hydrogen-bond acceptors (Lipinski definition) is 3. The van der Waals surface area contributed by atoms with Crippen molar-refractivity contribution in [1.82, 2.24) is 9.78 Å². The van der Waals surface area contributed by atoms with Crippen molar-refractivity contribution >= 4 is 17.4 Å². The Hall–Kier alpha value is -2.72. The van der Waals surface area contributed by atoms with Gasteiger partial charge in [0.2, 0.25) is 5.78 Å². The van der Waals surface area contributed by atoms with E-state index in [0.717, 1.165) is 30.7 Å². The minimum atomic E-state index is -0.170. The summed E-state index contributed by atoms with van der Waals surface area (Å²) in [6.07, 6.45) is 3.40. The first-order valence-corrected chi connectivity index (χ1v) is 9.80. The topological polar surface area (TPSA) is 52.0 Å². The van der Waals surface area contributed by atoms with E-state index in [4.69, 9.17) is 11.6 Å². The fourth-order valence-electron chi connectivity index (χ4n) is 3.74. The minimum absolute atomic E-state index is 0.000965. The normalized spacial score (nSPS) is 15.5. The summed E-state index contributed by atoms with van der Waals surface area (Å²) in [4.78, 5) is 25.1. The van der Waals surface area contributed by atoms with Crippen molar-refractivity contribution in [2.45, 2.75) is 31.7 Å². The Morgan fingerprint density at radius 2 is 1.71 bits per heavy atom. The summed E-state index contributed by atoms with van der Waals surface area (Å²) in [6, 6.07) is 19.9. The molecule has 2 aromatic carbocycles. The minimum Gasteiger partial charge on any atom is -0.287 e. The maximum atomic E-state index is 12.7. The van der Waals surface area contributed by atoms with Gasteiger partial charge >= 0.3 is 0 Å². The van der Waals surface area contributed by atoms with Crippen molar-refractivity contribution in [3.63, 3.8) is 0 Å². The molecule has 1 radical (unpaired) electrons. The van der Waals surface area contributed by atoms with Gasteiger partial charge in [-0.3, -0.25) is 9.59 Å². The summed E-state index contributed by atoms with van der Waals surface area (Å²) in [5.74, 6) is 1.18. The second-order valence-corrected chi connectivity index (χ2v) is 7.48. The van der Waals surface area contributed by atoms with E-state index in [2.05, 4.69) is 11.2 Å². The molecule has 1 aromatic heterocycles. The van der Waals surface area contributed by atoms with Crippen LogP contribution in [0.5, 0.6) is 0 Å². The van der Waals surface area contributed by atoms with Crippen molar-refractivity contribution < 1.29 is 4.79 Å². The third-order valence-electron chi connectivity index (χ3n) is 5.23. The van der Waals surface area contributed by atoms with Gasteiger partial charge in [0.05, 0.1) is 6.04 Å². The van der Waals surface area contributed by atoms with Gasteiger partial charge in [-0.15, -0.1) is 0 Å². The van der Waals surface area contributed by atoms with E-state index in [1.54, 1.807) is 12.1 Å². The average Bonchev–Trinajstić information content (AvgIpc) is 2.74. The zero-order valence-electron chi connectivity index (χ0n) is 15.3. The molecule has 4 rings (SSSR count). The van der Waals surface area contributed by atoms with Crippen LogP contribution in [0.3, 0.4) is 0 Å². The Labute approximate surface area is 168 Å². The third-order valence-corrected chi connectivity index (χ3v) is 5.47. The van der Waals surface area contributed by atoms with Crippen LogP contribution in [-0.2, 0) is 0 Å². The molecule has 0 spiro atoms. The molecular formula is C23H20ClN2O2. The van der Waals surface area contributed by atoms with Crippen LogP contribution >= 0.6 is 11.6 Å². The molecule has 1 aliphatic rings. The summed E-state index contributed by atoms with van der Waals surface area (Å²) < 4.78 is 1.49. The molecule has 141 valence electrons. The van der Waals surface area contributed by atoms with Crippen LogP contribution in [0.1, 0.15) is 53.3 Å². The Bertz CT molecular complexity index is 1040. The first kappa shape index (κ1) is 18.6. The van der Waals surface area contributed by atoms with E-state index >= 15 is 0 Å². The average molecular weight is 392 g/mol. The molecule has 0 amide bonds. The molecule has 1 fully saturated rings. The van der Waals surface area contributed by atoms with Gasteiger partial charge in [-0.2, -0.15) is 5.10 Å². The predicted molar refractivity (Wildman–Crippen MR) is 110 cm³/mol. The zero-order chi connectivity index (χ0) is 19.5. The summed E-state index contributed by atoms with van der Waals surface area (Å²) in [7, 11) is 0. The number of hydrogen-bond donors (Lipinski definition) is 0. The third kappa shape index (κ3) is 3.92. The fraction of sp³-hybridized carbons (Fsp3) is 0.217. The van der Waals surface area contributed by atoms with Crippen molar-refractivity contribution in [3.05, 3.63) is 105 Å². The summed E-state index contributed by atoms with van der Waals surface area (Å²) >= 11 is 6.11. The standard InChI is InChI=1S/C23H20ClN2O2/c24-19-8-4-7-18(15-19)16-9-11-20(12-10-16)26-22(27)14-13-21(25-26)23(28)17-5-2-1-3-6-17/h1-8,13-15,20H,9-12H2. The second kappa shape index (κ2) is 8.11. The highest BCUT2D eigenvalue weighted by molar-refractivity contribution is 6.30. The Kier molecular flexibility index (Phi) is 5.40. The Balaban J connectivity index is 1.52. The van der Waals surface area contributed by atoms with E-state index in [-0.39, 0.29) is 17.4 Å². The molecule has 0 bridgehead atoms. The Morgan fingerprint density at radius 1 is 0.964 bits per heavy atom. The van der Waals surface area contributed by atoms with Crippen molar-refractivity contribution in [1.29, 1.82) is 0 Å². The fourth-order valence-corrected chi connectivity index (χ4v) is 3.93. The molecule has 0 aliphatic heterocycles. The van der Waals surface area contributed by atoms with Crippen LogP contribution < -0.4 is 5.56 Å². The molecule has 3 aromatic rings. The predicted octanol–water partition coefficient (Wildman–Crippen LogP) is 4.87. The smallest absolute Gasteiger partial charge is 0.267 e. The molecule has 28 heavy (non-hydrogen) atoms. The van der Waals surface area contributed by atoms with E-state index < -0.39 is 0 Å². The molecule has 0 N–H and O–H groups in total. The quantitative estimate of drug-likeness (QED) is 0.596. The van der Waals surface area contributed by atoms with Gasteiger partial charge in [-0.05, 0) is 49.4 Å². The maximum Gasteiger partial charge on any atom is 0.267 e. The summed E-state index contributed by atoms with van der Waals surface area (Å²) in [6.45, 7) is 0. The number of ketones is 1. The monoisotopic (exact) mass is 391 g/mol. The van der Waals surface area contributed by atoms with Crippen LogP contribution in [0.4, 0.5) is 0 Å². The number of aromatic nitrogens is 2. The Morgan fingerprint density at radius 3 is 2.43 bits per heavy atom. The van der Waals surface area contributed by atoms with Crippen molar-refractivity contribution in [3.8, 4) is 0 Å². The molecule has 0 atom stereocenters. The first-order valence-electron chi connectivity index (χ1n) is 9.42.